The minimum atomic E-state index is -3.72. The Balaban J connectivity index is 2.25. The zero-order chi connectivity index (χ0) is 14.0. The largest absolute Gasteiger partial charge is 0.241 e. The van der Waals surface area contributed by atoms with Crippen LogP contribution < -0.4 is 4.72 Å². The molecule has 2 aromatic rings. The second kappa shape index (κ2) is 5.58. The normalized spacial score (nSPS) is 13.4. The minimum Gasteiger partial charge on any atom is -0.207 e. The summed E-state index contributed by atoms with van der Waals surface area (Å²) >= 11 is 7.05. The number of thiophene rings is 1. The Morgan fingerprint density at radius 3 is 2.68 bits per heavy atom. The van der Waals surface area contributed by atoms with Crippen LogP contribution in [-0.2, 0) is 10.0 Å². The summed E-state index contributed by atoms with van der Waals surface area (Å²) in [6.07, 6.45) is 0. The molecule has 0 radical (unpaired) electrons. The van der Waals surface area contributed by atoms with Gasteiger partial charge in [0.15, 0.2) is 0 Å². The van der Waals surface area contributed by atoms with Crippen molar-refractivity contribution in [2.24, 2.45) is 0 Å². The summed E-state index contributed by atoms with van der Waals surface area (Å²) < 4.78 is 39.8. The molecule has 0 aliphatic rings. The van der Waals surface area contributed by atoms with Gasteiger partial charge in [-0.3, -0.25) is 0 Å². The van der Waals surface area contributed by atoms with Crippen LogP contribution in [0.2, 0.25) is 5.02 Å². The van der Waals surface area contributed by atoms with Gasteiger partial charge in [-0.05, 0) is 36.6 Å². The number of nitrogens with one attached hydrogen (secondary N) is 1. The Labute approximate surface area is 120 Å². The first-order valence-electron chi connectivity index (χ1n) is 5.41. The Morgan fingerprint density at radius 2 is 2.11 bits per heavy atom. The van der Waals surface area contributed by atoms with Crippen molar-refractivity contribution in [3.05, 3.63) is 51.4 Å². The van der Waals surface area contributed by atoms with Crippen LogP contribution in [0.25, 0.3) is 0 Å². The lowest BCUT2D eigenvalue weighted by molar-refractivity contribution is 0.568. The summed E-state index contributed by atoms with van der Waals surface area (Å²) in [5.74, 6) is -0.646. The van der Waals surface area contributed by atoms with Crippen molar-refractivity contribution < 1.29 is 12.8 Å². The first-order chi connectivity index (χ1) is 8.90. The summed E-state index contributed by atoms with van der Waals surface area (Å²) in [6.45, 7) is 1.74. The summed E-state index contributed by atoms with van der Waals surface area (Å²) in [6, 6.07) is 6.65. The fourth-order valence-corrected chi connectivity index (χ4v) is 3.84. The highest BCUT2D eigenvalue weighted by Gasteiger charge is 2.19. The summed E-state index contributed by atoms with van der Waals surface area (Å²) in [5, 5.41) is 1.65. The molecule has 1 unspecified atom stereocenters. The van der Waals surface area contributed by atoms with E-state index in [2.05, 4.69) is 4.72 Å². The van der Waals surface area contributed by atoms with Gasteiger partial charge in [-0.1, -0.05) is 17.7 Å². The summed E-state index contributed by atoms with van der Waals surface area (Å²) in [4.78, 5) is 0.846. The maximum absolute atomic E-state index is 13.0. The standard InChI is InChI=1S/C12H11ClFNO2S2/c1-8(12-3-2-6-18-12)15-19(16,17)9-4-5-11(14)10(13)7-9/h2-8,15H,1H3. The van der Waals surface area contributed by atoms with Gasteiger partial charge >= 0.3 is 0 Å². The number of halogens is 2. The Morgan fingerprint density at radius 1 is 1.37 bits per heavy atom. The van der Waals surface area contributed by atoms with Gasteiger partial charge in [0.2, 0.25) is 10.0 Å². The van der Waals surface area contributed by atoms with Crippen LogP contribution in [0.3, 0.4) is 0 Å². The predicted octanol–water partition coefficient (Wildman–Crippen LogP) is 3.58. The van der Waals surface area contributed by atoms with Gasteiger partial charge in [-0.2, -0.15) is 0 Å². The molecular weight excluding hydrogens is 309 g/mol. The number of sulfonamides is 1. The Hall–Kier alpha value is -0.950. The first kappa shape index (κ1) is 14.5. The molecule has 19 heavy (non-hydrogen) atoms. The maximum Gasteiger partial charge on any atom is 0.241 e. The van der Waals surface area contributed by atoms with Crippen molar-refractivity contribution in [1.29, 1.82) is 0 Å². The topological polar surface area (TPSA) is 46.2 Å². The molecule has 1 atom stereocenters. The number of benzene rings is 1. The highest BCUT2D eigenvalue weighted by Crippen LogP contribution is 2.23. The summed E-state index contributed by atoms with van der Waals surface area (Å²) in [7, 11) is -3.72. The molecule has 3 nitrogen and oxygen atoms in total. The van der Waals surface area contributed by atoms with E-state index >= 15 is 0 Å². The van der Waals surface area contributed by atoms with E-state index in [0.717, 1.165) is 17.0 Å². The van der Waals surface area contributed by atoms with Crippen molar-refractivity contribution in [1.82, 2.24) is 4.72 Å². The molecule has 7 heteroatoms. The maximum atomic E-state index is 13.0. The second-order valence-electron chi connectivity index (χ2n) is 3.93. The van der Waals surface area contributed by atoms with Crippen molar-refractivity contribution in [2.45, 2.75) is 17.9 Å². The Bertz CT molecular complexity index is 671. The van der Waals surface area contributed by atoms with Gasteiger partial charge in [0.05, 0.1) is 16.0 Å². The second-order valence-corrected chi connectivity index (χ2v) is 7.03. The van der Waals surface area contributed by atoms with Gasteiger partial charge in [0.25, 0.3) is 0 Å². The van der Waals surface area contributed by atoms with E-state index in [1.807, 2.05) is 17.5 Å². The molecule has 0 amide bonds. The zero-order valence-electron chi connectivity index (χ0n) is 9.93. The van der Waals surface area contributed by atoms with E-state index < -0.39 is 15.8 Å². The van der Waals surface area contributed by atoms with Crippen molar-refractivity contribution >= 4 is 33.0 Å². The van der Waals surface area contributed by atoms with Crippen LogP contribution in [-0.4, -0.2) is 8.42 Å². The molecule has 102 valence electrons. The van der Waals surface area contributed by atoms with E-state index in [1.54, 1.807) is 6.92 Å². The van der Waals surface area contributed by atoms with Crippen molar-refractivity contribution in [3.63, 3.8) is 0 Å². The highest BCUT2D eigenvalue weighted by atomic mass is 35.5. The third-order valence-corrected chi connectivity index (χ3v) is 5.39. The van der Waals surface area contributed by atoms with Crippen molar-refractivity contribution in [2.75, 3.05) is 0 Å². The van der Waals surface area contributed by atoms with E-state index in [1.165, 1.54) is 17.4 Å². The summed E-state index contributed by atoms with van der Waals surface area (Å²) in [5.41, 5.74) is 0. The SMILES string of the molecule is CC(NS(=O)(=O)c1ccc(F)c(Cl)c1)c1cccs1. The monoisotopic (exact) mass is 319 g/mol. The molecule has 0 aliphatic heterocycles. The average molecular weight is 320 g/mol. The quantitative estimate of drug-likeness (QED) is 0.936. The molecule has 0 bridgehead atoms. The smallest absolute Gasteiger partial charge is 0.207 e. The zero-order valence-corrected chi connectivity index (χ0v) is 12.3. The molecule has 1 aromatic carbocycles. The first-order valence-corrected chi connectivity index (χ1v) is 8.15. The lowest BCUT2D eigenvalue weighted by Gasteiger charge is -2.13. The fourth-order valence-electron chi connectivity index (χ4n) is 1.54. The number of hydrogen-bond donors (Lipinski definition) is 1. The molecule has 1 N–H and O–H groups in total. The van der Waals surface area contributed by atoms with Gasteiger partial charge < -0.3 is 0 Å². The molecule has 0 aliphatic carbocycles. The third-order valence-electron chi connectivity index (χ3n) is 2.50. The molecular formula is C12H11ClFNO2S2. The van der Waals surface area contributed by atoms with Crippen LogP contribution in [0.15, 0.2) is 40.6 Å². The van der Waals surface area contributed by atoms with Crippen LogP contribution in [0.1, 0.15) is 17.8 Å². The molecule has 0 saturated carbocycles. The molecule has 1 heterocycles. The van der Waals surface area contributed by atoms with Gasteiger partial charge in [0, 0.05) is 4.88 Å². The van der Waals surface area contributed by atoms with Crippen LogP contribution in [0.4, 0.5) is 4.39 Å². The van der Waals surface area contributed by atoms with E-state index in [-0.39, 0.29) is 16.0 Å². The fraction of sp³-hybridized carbons (Fsp3) is 0.167. The van der Waals surface area contributed by atoms with E-state index in [9.17, 15) is 12.8 Å². The molecule has 0 saturated heterocycles. The lowest BCUT2D eigenvalue weighted by atomic mass is 10.3. The third kappa shape index (κ3) is 3.33. The number of rotatable bonds is 4. The van der Waals surface area contributed by atoms with E-state index in [4.69, 9.17) is 11.6 Å². The highest BCUT2D eigenvalue weighted by molar-refractivity contribution is 7.89. The molecule has 0 spiro atoms. The van der Waals surface area contributed by atoms with Gasteiger partial charge in [-0.15, -0.1) is 11.3 Å². The molecule has 0 fully saturated rings. The molecule has 2 rings (SSSR count). The van der Waals surface area contributed by atoms with Crippen LogP contribution in [0, 0.1) is 5.82 Å². The van der Waals surface area contributed by atoms with Crippen LogP contribution in [0.5, 0.6) is 0 Å². The van der Waals surface area contributed by atoms with Crippen LogP contribution >= 0.6 is 22.9 Å². The van der Waals surface area contributed by atoms with E-state index in [0.29, 0.717) is 0 Å². The van der Waals surface area contributed by atoms with Gasteiger partial charge in [-0.25, -0.2) is 17.5 Å². The minimum absolute atomic E-state index is 0.0534. The Kier molecular flexibility index (Phi) is 4.25. The van der Waals surface area contributed by atoms with Gasteiger partial charge in [0.1, 0.15) is 5.82 Å². The average Bonchev–Trinajstić information content (AvgIpc) is 2.85. The van der Waals surface area contributed by atoms with Crippen molar-refractivity contribution in [3.8, 4) is 0 Å². The lowest BCUT2D eigenvalue weighted by Crippen LogP contribution is -2.26. The number of hydrogen-bond acceptors (Lipinski definition) is 3. The molecule has 1 aromatic heterocycles. The predicted molar refractivity (Wildman–Crippen MR) is 74.5 cm³/mol.